The van der Waals surface area contributed by atoms with Crippen molar-refractivity contribution in [3.63, 3.8) is 0 Å². The molecule has 2 rings (SSSR count). The summed E-state index contributed by atoms with van der Waals surface area (Å²) >= 11 is 5.73. The second-order valence-electron chi connectivity index (χ2n) is 3.68. The van der Waals surface area contributed by atoms with Crippen molar-refractivity contribution in [3.05, 3.63) is 42.0 Å². The zero-order chi connectivity index (χ0) is 9.97. The molecule has 2 heteroatoms. The predicted octanol–water partition coefficient (Wildman–Crippen LogP) is 2.84. The number of hydrogen-bond donors (Lipinski definition) is 0. The molecule has 1 aliphatic heterocycles. The van der Waals surface area contributed by atoms with Crippen molar-refractivity contribution in [1.29, 1.82) is 0 Å². The Kier molecular flexibility index (Phi) is 2.78. The molecule has 0 amide bonds. The van der Waals surface area contributed by atoms with Gasteiger partial charge in [-0.15, -0.1) is 11.6 Å². The lowest BCUT2D eigenvalue weighted by Gasteiger charge is -2.19. The van der Waals surface area contributed by atoms with E-state index in [1.807, 2.05) is 0 Å². The van der Waals surface area contributed by atoms with Crippen molar-refractivity contribution < 1.29 is 0 Å². The minimum atomic E-state index is 0.554. The first-order valence-electron chi connectivity index (χ1n) is 4.86. The summed E-state index contributed by atoms with van der Waals surface area (Å²) in [6.45, 7) is 5.92. The van der Waals surface area contributed by atoms with Crippen LogP contribution in [-0.4, -0.2) is 19.0 Å². The molecule has 0 aliphatic carbocycles. The fourth-order valence-corrected chi connectivity index (χ4v) is 1.97. The lowest BCUT2D eigenvalue weighted by Crippen LogP contribution is -2.23. The average Bonchev–Trinajstić information content (AvgIpc) is 2.62. The molecule has 0 bridgehead atoms. The normalized spacial score (nSPS) is 14.2. The van der Waals surface area contributed by atoms with E-state index in [-0.39, 0.29) is 0 Å². The molecule has 0 fully saturated rings. The summed E-state index contributed by atoms with van der Waals surface area (Å²) < 4.78 is 0. The van der Waals surface area contributed by atoms with Gasteiger partial charge in [-0.25, -0.2) is 0 Å². The molecule has 0 atom stereocenters. The number of alkyl halides is 1. The molecule has 0 N–H and O–H groups in total. The van der Waals surface area contributed by atoms with Crippen LogP contribution in [0.1, 0.15) is 5.56 Å². The SMILES string of the molecule is C=C(CCl)CN1CCc2ccccc21. The molecule has 1 aromatic rings. The molecule has 14 heavy (non-hydrogen) atoms. The monoisotopic (exact) mass is 207 g/mol. The highest BCUT2D eigenvalue weighted by molar-refractivity contribution is 6.19. The molecule has 0 unspecified atom stereocenters. The highest BCUT2D eigenvalue weighted by Crippen LogP contribution is 2.27. The van der Waals surface area contributed by atoms with Crippen molar-refractivity contribution in [2.45, 2.75) is 6.42 Å². The zero-order valence-corrected chi connectivity index (χ0v) is 8.93. The van der Waals surface area contributed by atoms with Crippen LogP contribution in [0.15, 0.2) is 36.4 Å². The minimum absolute atomic E-state index is 0.554. The van der Waals surface area contributed by atoms with Crippen molar-refractivity contribution in [3.8, 4) is 0 Å². The molecule has 1 nitrogen and oxygen atoms in total. The van der Waals surface area contributed by atoms with Crippen LogP contribution in [0.5, 0.6) is 0 Å². The zero-order valence-electron chi connectivity index (χ0n) is 8.17. The first kappa shape index (κ1) is 9.60. The lowest BCUT2D eigenvalue weighted by atomic mass is 10.2. The second kappa shape index (κ2) is 4.05. The van der Waals surface area contributed by atoms with E-state index in [9.17, 15) is 0 Å². The first-order valence-corrected chi connectivity index (χ1v) is 5.40. The maximum Gasteiger partial charge on any atom is 0.0448 e. The van der Waals surface area contributed by atoms with Crippen molar-refractivity contribution >= 4 is 17.3 Å². The van der Waals surface area contributed by atoms with Crippen LogP contribution < -0.4 is 4.90 Å². The number of rotatable bonds is 3. The molecule has 1 heterocycles. The molecule has 0 spiro atoms. The third kappa shape index (κ3) is 1.78. The summed E-state index contributed by atoms with van der Waals surface area (Å²) in [6.07, 6.45) is 1.14. The topological polar surface area (TPSA) is 3.24 Å². The Morgan fingerprint density at radius 1 is 1.43 bits per heavy atom. The largest absolute Gasteiger partial charge is 0.367 e. The summed E-state index contributed by atoms with van der Waals surface area (Å²) in [5, 5.41) is 0. The van der Waals surface area contributed by atoms with Gasteiger partial charge in [0.1, 0.15) is 0 Å². The van der Waals surface area contributed by atoms with Gasteiger partial charge in [0.2, 0.25) is 0 Å². The molecule has 0 saturated carbocycles. The summed E-state index contributed by atoms with van der Waals surface area (Å²) in [6, 6.07) is 8.54. The molecular weight excluding hydrogens is 194 g/mol. The Morgan fingerprint density at radius 2 is 2.21 bits per heavy atom. The summed E-state index contributed by atoms with van der Waals surface area (Å²) in [4.78, 5) is 2.35. The number of para-hydroxylation sites is 1. The van der Waals surface area contributed by atoms with Crippen LogP contribution in [0.3, 0.4) is 0 Å². The van der Waals surface area contributed by atoms with Gasteiger partial charge in [0.25, 0.3) is 0 Å². The van der Waals surface area contributed by atoms with Gasteiger partial charge < -0.3 is 4.90 Å². The second-order valence-corrected chi connectivity index (χ2v) is 3.95. The molecular formula is C12H14ClN. The van der Waals surface area contributed by atoms with Gasteiger partial charge in [-0.3, -0.25) is 0 Å². The fraction of sp³-hybridized carbons (Fsp3) is 0.333. The van der Waals surface area contributed by atoms with Crippen molar-refractivity contribution in [2.24, 2.45) is 0 Å². The summed E-state index contributed by atoms with van der Waals surface area (Å²) in [7, 11) is 0. The maximum atomic E-state index is 5.73. The van der Waals surface area contributed by atoms with Gasteiger partial charge in [0, 0.05) is 24.7 Å². The van der Waals surface area contributed by atoms with E-state index in [1.165, 1.54) is 11.3 Å². The van der Waals surface area contributed by atoms with Gasteiger partial charge in [0.05, 0.1) is 0 Å². The maximum absolute atomic E-state index is 5.73. The van der Waals surface area contributed by atoms with Gasteiger partial charge >= 0.3 is 0 Å². The summed E-state index contributed by atoms with van der Waals surface area (Å²) in [5.41, 5.74) is 3.87. The Balaban J connectivity index is 2.14. The van der Waals surface area contributed by atoms with Crippen LogP contribution in [0.4, 0.5) is 5.69 Å². The van der Waals surface area contributed by atoms with Crippen LogP contribution in [0.25, 0.3) is 0 Å². The van der Waals surface area contributed by atoms with Gasteiger partial charge in [-0.1, -0.05) is 24.8 Å². The number of halogens is 1. The Bertz CT molecular complexity index is 346. The van der Waals surface area contributed by atoms with E-state index in [0.29, 0.717) is 5.88 Å². The average molecular weight is 208 g/mol. The fourth-order valence-electron chi connectivity index (χ4n) is 1.88. The standard InChI is InChI=1S/C12H14ClN/c1-10(8-13)9-14-7-6-11-4-2-3-5-12(11)14/h2-5H,1,6-9H2. The Hall–Kier alpha value is -0.950. The quantitative estimate of drug-likeness (QED) is 0.544. The van der Waals surface area contributed by atoms with Crippen LogP contribution in [0.2, 0.25) is 0 Å². The third-order valence-corrected chi connectivity index (χ3v) is 2.96. The molecule has 0 radical (unpaired) electrons. The van der Waals surface area contributed by atoms with E-state index >= 15 is 0 Å². The highest BCUT2D eigenvalue weighted by Gasteiger charge is 2.17. The molecule has 1 aliphatic rings. The van der Waals surface area contributed by atoms with Crippen molar-refractivity contribution in [1.82, 2.24) is 0 Å². The smallest absolute Gasteiger partial charge is 0.0448 e. The number of nitrogens with zero attached hydrogens (tertiary/aromatic N) is 1. The molecule has 1 aromatic carbocycles. The summed E-state index contributed by atoms with van der Waals surface area (Å²) in [5.74, 6) is 0.554. The molecule has 74 valence electrons. The van der Waals surface area contributed by atoms with Gasteiger partial charge in [0.15, 0.2) is 0 Å². The van der Waals surface area contributed by atoms with Crippen molar-refractivity contribution in [2.75, 3.05) is 23.9 Å². The highest BCUT2D eigenvalue weighted by atomic mass is 35.5. The number of anilines is 1. The van der Waals surface area contributed by atoms with E-state index in [0.717, 1.165) is 25.1 Å². The van der Waals surface area contributed by atoms with Gasteiger partial charge in [-0.05, 0) is 23.6 Å². The number of hydrogen-bond acceptors (Lipinski definition) is 1. The number of fused-ring (bicyclic) bond motifs is 1. The number of benzene rings is 1. The Labute approximate surface area is 90.0 Å². The molecule has 0 saturated heterocycles. The molecule has 0 aromatic heterocycles. The minimum Gasteiger partial charge on any atom is -0.367 e. The predicted molar refractivity (Wildman–Crippen MR) is 62.2 cm³/mol. The lowest BCUT2D eigenvalue weighted by molar-refractivity contribution is 0.882. The Morgan fingerprint density at radius 3 is 3.00 bits per heavy atom. The van der Waals surface area contributed by atoms with E-state index in [2.05, 4.69) is 35.7 Å². The first-order chi connectivity index (χ1) is 6.81. The van der Waals surface area contributed by atoms with Crippen LogP contribution in [0, 0.1) is 0 Å². The third-order valence-electron chi connectivity index (χ3n) is 2.59. The van der Waals surface area contributed by atoms with E-state index in [4.69, 9.17) is 11.6 Å². The van der Waals surface area contributed by atoms with E-state index in [1.54, 1.807) is 0 Å². The van der Waals surface area contributed by atoms with Crippen LogP contribution >= 0.6 is 11.6 Å². The van der Waals surface area contributed by atoms with E-state index < -0.39 is 0 Å². The van der Waals surface area contributed by atoms with Crippen LogP contribution in [-0.2, 0) is 6.42 Å². The van der Waals surface area contributed by atoms with Gasteiger partial charge in [-0.2, -0.15) is 0 Å².